The molecule has 0 spiro atoms. The summed E-state index contributed by atoms with van der Waals surface area (Å²) >= 11 is 0. The van der Waals surface area contributed by atoms with Crippen molar-refractivity contribution >= 4 is 23.2 Å². The minimum Gasteiger partial charge on any atom is -0.478 e. The van der Waals surface area contributed by atoms with Crippen LogP contribution in [-0.2, 0) is 16.0 Å². The number of ether oxygens (including phenoxy) is 1. The number of anilines is 2. The summed E-state index contributed by atoms with van der Waals surface area (Å²) in [6.45, 7) is 1.80. The molecule has 2 aromatic carbocycles. The van der Waals surface area contributed by atoms with E-state index in [2.05, 4.69) is 0 Å². The van der Waals surface area contributed by atoms with Gasteiger partial charge in [-0.3, -0.25) is 14.5 Å². The van der Waals surface area contributed by atoms with E-state index in [1.807, 2.05) is 31.2 Å². The largest absolute Gasteiger partial charge is 0.478 e. The number of hydrogen-bond donors (Lipinski definition) is 2. The van der Waals surface area contributed by atoms with Crippen LogP contribution < -0.4 is 21.1 Å². The molecule has 2 amide bonds. The second-order valence-electron chi connectivity index (χ2n) is 5.91. The van der Waals surface area contributed by atoms with Gasteiger partial charge in [-0.1, -0.05) is 29.8 Å². The van der Waals surface area contributed by atoms with E-state index in [4.69, 9.17) is 16.2 Å². The second kappa shape index (κ2) is 6.23. The third kappa shape index (κ3) is 3.17. The molecular weight excluding hydrogens is 306 g/mol. The first-order valence-electron chi connectivity index (χ1n) is 7.65. The molecule has 24 heavy (non-hydrogen) atoms. The number of nitrogens with two attached hydrogens (primary N) is 2. The third-order valence-electron chi connectivity index (χ3n) is 3.94. The fourth-order valence-corrected chi connectivity index (χ4v) is 2.73. The van der Waals surface area contributed by atoms with E-state index in [1.165, 1.54) is 4.90 Å². The maximum atomic E-state index is 12.8. The van der Waals surface area contributed by atoms with Crippen molar-refractivity contribution in [2.75, 3.05) is 17.2 Å². The number of fused-ring (bicyclic) bond motifs is 1. The molecule has 0 aliphatic carbocycles. The first-order chi connectivity index (χ1) is 11.4. The predicted molar refractivity (Wildman–Crippen MR) is 91.7 cm³/mol. The molecular formula is C18H19N3O3. The minimum atomic E-state index is -0.705. The van der Waals surface area contributed by atoms with Crippen molar-refractivity contribution in [1.82, 2.24) is 0 Å². The van der Waals surface area contributed by atoms with Gasteiger partial charge in [-0.2, -0.15) is 0 Å². The van der Waals surface area contributed by atoms with Crippen molar-refractivity contribution in [3.05, 3.63) is 53.6 Å². The number of nitrogen functional groups attached to an aromatic ring is 1. The van der Waals surface area contributed by atoms with E-state index >= 15 is 0 Å². The van der Waals surface area contributed by atoms with Crippen LogP contribution in [0.2, 0.25) is 0 Å². The van der Waals surface area contributed by atoms with E-state index < -0.39 is 12.0 Å². The zero-order valence-corrected chi connectivity index (χ0v) is 13.4. The Morgan fingerprint density at radius 1 is 1.21 bits per heavy atom. The van der Waals surface area contributed by atoms with Gasteiger partial charge in [0, 0.05) is 12.1 Å². The van der Waals surface area contributed by atoms with Gasteiger partial charge >= 0.3 is 0 Å². The summed E-state index contributed by atoms with van der Waals surface area (Å²) in [7, 11) is 0. The molecule has 0 saturated heterocycles. The third-order valence-corrected chi connectivity index (χ3v) is 3.94. The number of aryl methyl sites for hydroxylation is 1. The average molecular weight is 325 g/mol. The van der Waals surface area contributed by atoms with Crippen molar-refractivity contribution in [2.24, 2.45) is 5.73 Å². The molecule has 1 atom stereocenters. The van der Waals surface area contributed by atoms with Gasteiger partial charge in [-0.15, -0.1) is 0 Å². The molecule has 3 rings (SSSR count). The molecule has 124 valence electrons. The quantitative estimate of drug-likeness (QED) is 0.830. The fourth-order valence-electron chi connectivity index (χ4n) is 2.73. The van der Waals surface area contributed by atoms with E-state index in [-0.39, 0.29) is 12.5 Å². The van der Waals surface area contributed by atoms with Gasteiger partial charge in [0.25, 0.3) is 5.91 Å². The smallest absolute Gasteiger partial charge is 0.268 e. The average Bonchev–Trinajstić information content (AvgIpc) is 2.54. The molecule has 2 aromatic rings. The molecule has 1 heterocycles. The molecule has 0 bridgehead atoms. The number of primary amides is 1. The van der Waals surface area contributed by atoms with E-state index in [0.29, 0.717) is 23.5 Å². The number of hydrogen-bond acceptors (Lipinski definition) is 4. The van der Waals surface area contributed by atoms with Crippen LogP contribution in [0.25, 0.3) is 0 Å². The topological polar surface area (TPSA) is 98.7 Å². The summed E-state index contributed by atoms with van der Waals surface area (Å²) in [5.74, 6) is -0.373. The molecule has 1 aliphatic rings. The Hall–Kier alpha value is -3.02. The predicted octanol–water partition coefficient (Wildman–Crippen LogP) is 1.40. The zero-order valence-electron chi connectivity index (χ0n) is 13.4. The Morgan fingerprint density at radius 2 is 1.92 bits per heavy atom. The number of nitrogens with zero attached hydrogens (tertiary/aromatic N) is 1. The lowest BCUT2D eigenvalue weighted by molar-refractivity contribution is -0.128. The van der Waals surface area contributed by atoms with Gasteiger partial charge < -0.3 is 16.2 Å². The molecule has 4 N–H and O–H groups in total. The highest BCUT2D eigenvalue weighted by atomic mass is 16.5. The normalized spacial score (nSPS) is 16.5. The van der Waals surface area contributed by atoms with Crippen LogP contribution in [0.1, 0.15) is 11.1 Å². The van der Waals surface area contributed by atoms with Crippen LogP contribution in [0, 0.1) is 6.92 Å². The van der Waals surface area contributed by atoms with Gasteiger partial charge in [-0.05, 0) is 30.7 Å². The summed E-state index contributed by atoms with van der Waals surface area (Å²) < 4.78 is 5.85. The lowest BCUT2D eigenvalue weighted by atomic mass is 10.0. The fraction of sp³-hybridized carbons (Fsp3) is 0.222. The maximum Gasteiger partial charge on any atom is 0.268 e. The molecule has 0 saturated carbocycles. The molecule has 1 unspecified atom stereocenters. The second-order valence-corrected chi connectivity index (χ2v) is 5.91. The van der Waals surface area contributed by atoms with Crippen LogP contribution >= 0.6 is 0 Å². The zero-order chi connectivity index (χ0) is 17.3. The summed E-state index contributed by atoms with van der Waals surface area (Å²) in [6.07, 6.45) is -0.291. The van der Waals surface area contributed by atoms with Gasteiger partial charge in [0.15, 0.2) is 6.10 Å². The molecule has 0 fully saturated rings. The van der Waals surface area contributed by atoms with Crippen LogP contribution in [0.5, 0.6) is 5.75 Å². The summed E-state index contributed by atoms with van der Waals surface area (Å²) in [4.78, 5) is 25.5. The first kappa shape index (κ1) is 15.9. The van der Waals surface area contributed by atoms with Crippen molar-refractivity contribution in [2.45, 2.75) is 19.4 Å². The molecule has 0 radical (unpaired) electrons. The Kier molecular flexibility index (Phi) is 4.12. The Bertz CT molecular complexity index is 787. The Morgan fingerprint density at radius 3 is 2.58 bits per heavy atom. The monoisotopic (exact) mass is 325 g/mol. The van der Waals surface area contributed by atoms with Crippen LogP contribution in [0.3, 0.4) is 0 Å². The van der Waals surface area contributed by atoms with Crippen LogP contribution in [0.4, 0.5) is 11.4 Å². The summed E-state index contributed by atoms with van der Waals surface area (Å²) in [6, 6.07) is 12.9. The summed E-state index contributed by atoms with van der Waals surface area (Å²) in [5.41, 5.74) is 14.2. The highest BCUT2D eigenvalue weighted by molar-refractivity contribution is 6.04. The summed E-state index contributed by atoms with van der Waals surface area (Å²) in [5, 5.41) is 0. The maximum absolute atomic E-state index is 12.8. The molecule has 6 nitrogen and oxygen atoms in total. The van der Waals surface area contributed by atoms with Crippen molar-refractivity contribution in [3.63, 3.8) is 0 Å². The molecule has 1 aliphatic heterocycles. The number of amides is 2. The lowest BCUT2D eigenvalue weighted by Gasteiger charge is -2.34. The molecule has 0 aromatic heterocycles. The highest BCUT2D eigenvalue weighted by Crippen LogP contribution is 2.36. The number of carbonyl (C=O) groups excluding carboxylic acids is 2. The van der Waals surface area contributed by atoms with Gasteiger partial charge in [0.2, 0.25) is 5.91 Å². The van der Waals surface area contributed by atoms with E-state index in [0.717, 1.165) is 11.1 Å². The molecule has 6 heteroatoms. The first-order valence-corrected chi connectivity index (χ1v) is 7.65. The van der Waals surface area contributed by atoms with Crippen LogP contribution in [0.15, 0.2) is 42.5 Å². The minimum absolute atomic E-state index is 0.205. The SMILES string of the molecule is Cc1ccc(CC2Oc3ccc(N)cc3N(CC(N)=O)C2=O)cc1. The van der Waals surface area contributed by atoms with Gasteiger partial charge in [0.05, 0.1) is 5.69 Å². The van der Waals surface area contributed by atoms with Crippen molar-refractivity contribution in [1.29, 1.82) is 0 Å². The number of rotatable bonds is 4. The Balaban J connectivity index is 1.92. The van der Waals surface area contributed by atoms with Crippen molar-refractivity contribution < 1.29 is 14.3 Å². The Labute approximate surface area is 140 Å². The number of carbonyl (C=O) groups is 2. The van der Waals surface area contributed by atoms with Gasteiger partial charge in [-0.25, -0.2) is 0 Å². The van der Waals surface area contributed by atoms with Crippen molar-refractivity contribution in [3.8, 4) is 5.75 Å². The van der Waals surface area contributed by atoms with E-state index in [1.54, 1.807) is 18.2 Å². The number of benzene rings is 2. The standard InChI is InChI=1S/C18H19N3O3/c1-11-2-4-12(5-3-11)8-16-18(23)21(10-17(20)22)14-9-13(19)6-7-15(14)24-16/h2-7,9,16H,8,10,19H2,1H3,(H2,20,22). The lowest BCUT2D eigenvalue weighted by Crippen LogP contribution is -2.49. The highest BCUT2D eigenvalue weighted by Gasteiger charge is 2.35. The van der Waals surface area contributed by atoms with Gasteiger partial charge in [0.1, 0.15) is 12.3 Å². The van der Waals surface area contributed by atoms with Crippen LogP contribution in [-0.4, -0.2) is 24.5 Å². The van der Waals surface area contributed by atoms with E-state index in [9.17, 15) is 9.59 Å².